The van der Waals surface area contributed by atoms with Crippen molar-refractivity contribution in [2.45, 2.75) is 19.3 Å². The summed E-state index contributed by atoms with van der Waals surface area (Å²) in [6.07, 6.45) is 0. The molecule has 0 saturated heterocycles. The molecule has 1 heteroatoms. The van der Waals surface area contributed by atoms with Crippen LogP contribution in [0, 0.1) is 0 Å². The molecule has 1 heterocycles. The van der Waals surface area contributed by atoms with E-state index in [9.17, 15) is 0 Å². The normalized spacial score (nSPS) is 13.6. The Labute approximate surface area is 268 Å². The lowest BCUT2D eigenvalue weighted by atomic mass is 9.81. The molecule has 216 valence electrons. The molecule has 1 nitrogen and oxygen atoms in total. The topological polar surface area (TPSA) is 4.93 Å². The third-order valence-corrected chi connectivity index (χ3v) is 10.6. The maximum Gasteiger partial charge on any atom is 0.0626 e. The first kappa shape index (κ1) is 25.6. The van der Waals surface area contributed by atoms with Gasteiger partial charge in [-0.05, 0) is 79.2 Å². The first-order valence-electron chi connectivity index (χ1n) is 16.2. The maximum absolute atomic E-state index is 2.53. The Hall–Kier alpha value is -5.66. The van der Waals surface area contributed by atoms with Gasteiger partial charge in [0.1, 0.15) is 0 Å². The Kier molecular flexibility index (Phi) is 5.12. The van der Waals surface area contributed by atoms with Crippen LogP contribution in [-0.2, 0) is 5.41 Å². The van der Waals surface area contributed by atoms with Crippen molar-refractivity contribution < 1.29 is 0 Å². The minimum absolute atomic E-state index is 0.130. The molecule has 0 fully saturated rings. The standard InChI is InChI=1S/C45H31N/c1-45(2)39-26-30(28-12-4-3-5-13-28)21-23-34(39)35-25-22-31(27-40(35)45)46-41-19-11-10-18-38(41)43-42-32-15-7-6-14-29(32)20-24-36(42)33-16-8-9-17-37(33)44(43)46/h3-27H,1-2H3. The van der Waals surface area contributed by atoms with E-state index in [2.05, 4.69) is 170 Å². The molecule has 0 aliphatic heterocycles. The summed E-state index contributed by atoms with van der Waals surface area (Å²) in [5, 5.41) is 10.4. The van der Waals surface area contributed by atoms with Gasteiger partial charge < -0.3 is 4.57 Å². The smallest absolute Gasteiger partial charge is 0.0626 e. The van der Waals surface area contributed by atoms with Gasteiger partial charge in [0.05, 0.1) is 11.0 Å². The van der Waals surface area contributed by atoms with E-state index in [1.807, 2.05) is 0 Å². The van der Waals surface area contributed by atoms with Crippen LogP contribution in [0.3, 0.4) is 0 Å². The predicted molar refractivity (Wildman–Crippen MR) is 196 cm³/mol. The lowest BCUT2D eigenvalue weighted by Crippen LogP contribution is -2.15. The van der Waals surface area contributed by atoms with Crippen molar-refractivity contribution in [2.75, 3.05) is 0 Å². The SMILES string of the molecule is CC1(C)c2cc(-c3ccccc3)ccc2-c2ccc(-n3c4ccccc4c4c5c6ccccc6ccc5c5ccccc5c43)cc21. The molecule has 10 rings (SSSR count). The minimum atomic E-state index is -0.130. The van der Waals surface area contributed by atoms with Crippen LogP contribution in [-0.4, -0.2) is 4.57 Å². The van der Waals surface area contributed by atoms with Crippen LogP contribution in [0.25, 0.3) is 82.1 Å². The van der Waals surface area contributed by atoms with Crippen molar-refractivity contribution in [3.8, 4) is 27.9 Å². The Balaban J connectivity index is 1.29. The third kappa shape index (κ3) is 3.35. The Morgan fingerprint density at radius 2 is 1.09 bits per heavy atom. The first-order chi connectivity index (χ1) is 22.6. The number of para-hydroxylation sites is 1. The second kappa shape index (κ2) is 9.19. The van der Waals surface area contributed by atoms with Gasteiger partial charge in [-0.2, -0.15) is 0 Å². The molecule has 0 atom stereocenters. The quantitative estimate of drug-likeness (QED) is 0.178. The summed E-state index contributed by atoms with van der Waals surface area (Å²) in [5.74, 6) is 0. The van der Waals surface area contributed by atoms with E-state index in [-0.39, 0.29) is 5.41 Å². The average molecular weight is 586 g/mol. The molecule has 9 aromatic rings. The van der Waals surface area contributed by atoms with E-state index in [0.29, 0.717) is 0 Å². The number of hydrogen-bond donors (Lipinski definition) is 0. The van der Waals surface area contributed by atoms with Gasteiger partial charge in [-0.25, -0.2) is 0 Å². The van der Waals surface area contributed by atoms with E-state index in [1.54, 1.807) is 0 Å². The molecule has 0 radical (unpaired) electrons. The van der Waals surface area contributed by atoms with E-state index >= 15 is 0 Å². The number of fused-ring (bicyclic) bond motifs is 13. The summed E-state index contributed by atoms with van der Waals surface area (Å²) in [5.41, 5.74) is 11.6. The maximum atomic E-state index is 2.53. The molecule has 0 amide bonds. The highest BCUT2D eigenvalue weighted by atomic mass is 15.0. The van der Waals surface area contributed by atoms with Gasteiger partial charge >= 0.3 is 0 Å². The summed E-state index contributed by atoms with van der Waals surface area (Å²) in [4.78, 5) is 0. The Morgan fingerprint density at radius 1 is 0.435 bits per heavy atom. The van der Waals surface area contributed by atoms with Gasteiger partial charge in [0.15, 0.2) is 0 Å². The Morgan fingerprint density at radius 3 is 1.91 bits per heavy atom. The number of nitrogens with zero attached hydrogens (tertiary/aromatic N) is 1. The molecule has 0 bridgehead atoms. The zero-order valence-electron chi connectivity index (χ0n) is 25.9. The molecular weight excluding hydrogens is 555 g/mol. The largest absolute Gasteiger partial charge is 0.309 e. The molecule has 1 aromatic heterocycles. The number of aromatic nitrogens is 1. The molecule has 0 saturated carbocycles. The molecule has 8 aromatic carbocycles. The van der Waals surface area contributed by atoms with Crippen LogP contribution >= 0.6 is 0 Å². The molecule has 0 unspecified atom stereocenters. The predicted octanol–water partition coefficient (Wildman–Crippen LogP) is 12.2. The summed E-state index contributed by atoms with van der Waals surface area (Å²) in [6.45, 7) is 4.77. The van der Waals surface area contributed by atoms with Crippen molar-refractivity contribution in [3.63, 3.8) is 0 Å². The van der Waals surface area contributed by atoms with E-state index < -0.39 is 0 Å². The van der Waals surface area contributed by atoms with Crippen LogP contribution in [0.1, 0.15) is 25.0 Å². The van der Waals surface area contributed by atoms with Crippen LogP contribution in [0.2, 0.25) is 0 Å². The second-order valence-corrected chi connectivity index (χ2v) is 13.3. The average Bonchev–Trinajstić information content (AvgIpc) is 3.57. The fourth-order valence-corrected chi connectivity index (χ4v) is 8.38. The summed E-state index contributed by atoms with van der Waals surface area (Å²) >= 11 is 0. The summed E-state index contributed by atoms with van der Waals surface area (Å²) in [6, 6.07) is 56.3. The zero-order chi connectivity index (χ0) is 30.6. The van der Waals surface area contributed by atoms with Crippen molar-refractivity contribution >= 4 is 54.1 Å². The van der Waals surface area contributed by atoms with E-state index in [0.717, 1.165) is 0 Å². The first-order valence-corrected chi connectivity index (χ1v) is 16.2. The molecule has 1 aliphatic carbocycles. The van der Waals surface area contributed by atoms with Crippen LogP contribution in [0.4, 0.5) is 0 Å². The fourth-order valence-electron chi connectivity index (χ4n) is 8.38. The lowest BCUT2D eigenvalue weighted by molar-refractivity contribution is 0.660. The van der Waals surface area contributed by atoms with E-state index in [4.69, 9.17) is 0 Å². The molecule has 46 heavy (non-hydrogen) atoms. The van der Waals surface area contributed by atoms with Crippen LogP contribution in [0.15, 0.2) is 152 Å². The molecule has 1 aliphatic rings. The fraction of sp³-hybridized carbons (Fsp3) is 0.0667. The number of hydrogen-bond acceptors (Lipinski definition) is 0. The molecule has 0 spiro atoms. The summed E-state index contributed by atoms with van der Waals surface area (Å²) < 4.78 is 2.53. The number of rotatable bonds is 2. The monoisotopic (exact) mass is 585 g/mol. The lowest BCUT2D eigenvalue weighted by Gasteiger charge is -2.23. The van der Waals surface area contributed by atoms with Crippen molar-refractivity contribution in [2.24, 2.45) is 0 Å². The van der Waals surface area contributed by atoms with Gasteiger partial charge in [0.2, 0.25) is 0 Å². The van der Waals surface area contributed by atoms with Crippen LogP contribution < -0.4 is 0 Å². The van der Waals surface area contributed by atoms with Gasteiger partial charge in [0, 0.05) is 32.6 Å². The van der Waals surface area contributed by atoms with Gasteiger partial charge in [-0.3, -0.25) is 0 Å². The van der Waals surface area contributed by atoms with Crippen molar-refractivity contribution in [3.05, 3.63) is 163 Å². The minimum Gasteiger partial charge on any atom is -0.309 e. The third-order valence-electron chi connectivity index (χ3n) is 10.6. The highest BCUT2D eigenvalue weighted by Gasteiger charge is 2.36. The van der Waals surface area contributed by atoms with Gasteiger partial charge in [-0.15, -0.1) is 0 Å². The second-order valence-electron chi connectivity index (χ2n) is 13.3. The van der Waals surface area contributed by atoms with Gasteiger partial charge in [0.25, 0.3) is 0 Å². The highest BCUT2D eigenvalue weighted by molar-refractivity contribution is 6.36. The van der Waals surface area contributed by atoms with Crippen LogP contribution in [0.5, 0.6) is 0 Å². The number of benzene rings is 8. The highest BCUT2D eigenvalue weighted by Crippen LogP contribution is 2.51. The molecule has 0 N–H and O–H groups in total. The summed E-state index contributed by atoms with van der Waals surface area (Å²) in [7, 11) is 0. The van der Waals surface area contributed by atoms with Crippen molar-refractivity contribution in [1.82, 2.24) is 4.57 Å². The Bertz CT molecular complexity index is 2710. The molecular formula is C45H31N. The van der Waals surface area contributed by atoms with E-state index in [1.165, 1.54) is 93.2 Å². The zero-order valence-corrected chi connectivity index (χ0v) is 25.9. The van der Waals surface area contributed by atoms with Crippen molar-refractivity contribution in [1.29, 1.82) is 0 Å². The van der Waals surface area contributed by atoms with Gasteiger partial charge in [-0.1, -0.05) is 141 Å².